The lowest BCUT2D eigenvalue weighted by Gasteiger charge is -2.42. The summed E-state index contributed by atoms with van der Waals surface area (Å²) in [4.78, 5) is 40.5. The molecule has 3 rings (SSSR count). The number of amides is 4. The molecular weight excluding hydrogens is 465 g/mol. The smallest absolute Gasteiger partial charge is 0.382 e. The van der Waals surface area contributed by atoms with Crippen LogP contribution in [0.5, 0.6) is 0 Å². The van der Waals surface area contributed by atoms with Crippen LogP contribution in [0, 0.1) is 5.92 Å². The van der Waals surface area contributed by atoms with Crippen molar-refractivity contribution in [3.63, 3.8) is 0 Å². The molecule has 3 atom stereocenters. The molecule has 33 heavy (non-hydrogen) atoms. The van der Waals surface area contributed by atoms with E-state index < -0.39 is 35.1 Å². The lowest BCUT2D eigenvalue weighted by molar-refractivity contribution is -0.138. The molecule has 0 radical (unpaired) electrons. The molecule has 2 fully saturated rings. The summed E-state index contributed by atoms with van der Waals surface area (Å²) in [6.07, 6.45) is -4.51. The van der Waals surface area contributed by atoms with Crippen LogP contribution in [0.2, 0.25) is 5.02 Å². The Morgan fingerprint density at radius 3 is 2.58 bits per heavy atom. The van der Waals surface area contributed by atoms with E-state index in [4.69, 9.17) is 16.3 Å². The van der Waals surface area contributed by atoms with Crippen molar-refractivity contribution in [1.82, 2.24) is 15.5 Å². The van der Waals surface area contributed by atoms with Gasteiger partial charge in [0, 0.05) is 44.4 Å². The van der Waals surface area contributed by atoms with E-state index in [1.54, 1.807) is 16.7 Å². The van der Waals surface area contributed by atoms with Crippen molar-refractivity contribution in [3.05, 3.63) is 28.8 Å². The van der Waals surface area contributed by atoms with Crippen LogP contribution in [0.25, 0.3) is 0 Å². The van der Waals surface area contributed by atoms with Gasteiger partial charge in [0.15, 0.2) is 0 Å². The van der Waals surface area contributed by atoms with Gasteiger partial charge in [-0.1, -0.05) is 18.5 Å². The van der Waals surface area contributed by atoms with E-state index in [0.717, 1.165) is 6.07 Å². The third kappa shape index (κ3) is 5.19. The van der Waals surface area contributed by atoms with Gasteiger partial charge in [-0.2, -0.15) is 13.2 Å². The molecule has 0 saturated carbocycles. The van der Waals surface area contributed by atoms with E-state index in [9.17, 15) is 27.6 Å². The van der Waals surface area contributed by atoms with E-state index >= 15 is 0 Å². The molecule has 0 bridgehead atoms. The van der Waals surface area contributed by atoms with Crippen LogP contribution in [0.4, 0.5) is 23.7 Å². The van der Waals surface area contributed by atoms with Crippen molar-refractivity contribution < 1.29 is 32.3 Å². The number of anilines is 1. The van der Waals surface area contributed by atoms with Crippen molar-refractivity contribution >= 4 is 35.1 Å². The molecule has 12 heteroatoms. The number of piperazine rings is 1. The standard InChI is InChI=1S/C21H26ClF3N4O4/c1-12(9-20(11-33-3)18(31)26-19(32)27-20)17(30)28-6-7-29(13(2)10-28)14-4-5-16(22)15(8-14)21(23,24)25/h4-5,8,12-13H,6-7,9-11H2,1-3H3,(H2,26,27,31,32). The molecule has 2 aliphatic heterocycles. The minimum absolute atomic E-state index is 0.0535. The Bertz CT molecular complexity index is 945. The number of rotatable bonds is 6. The Morgan fingerprint density at radius 2 is 2.03 bits per heavy atom. The summed E-state index contributed by atoms with van der Waals surface area (Å²) in [6.45, 7) is 4.34. The molecule has 3 unspecified atom stereocenters. The van der Waals surface area contributed by atoms with Gasteiger partial charge in [-0.3, -0.25) is 14.9 Å². The molecule has 0 spiro atoms. The largest absolute Gasteiger partial charge is 0.417 e. The topological polar surface area (TPSA) is 91.0 Å². The van der Waals surface area contributed by atoms with Crippen molar-refractivity contribution in [2.24, 2.45) is 5.92 Å². The number of hydrogen-bond acceptors (Lipinski definition) is 5. The second kappa shape index (κ2) is 9.38. The Labute approximate surface area is 194 Å². The lowest BCUT2D eigenvalue weighted by atomic mass is 9.87. The van der Waals surface area contributed by atoms with Gasteiger partial charge in [-0.05, 0) is 31.5 Å². The predicted molar refractivity (Wildman–Crippen MR) is 115 cm³/mol. The minimum Gasteiger partial charge on any atom is -0.382 e. The molecule has 1 aromatic rings. The predicted octanol–water partition coefficient (Wildman–Crippen LogP) is 2.65. The number of urea groups is 1. The monoisotopic (exact) mass is 490 g/mol. The van der Waals surface area contributed by atoms with Crippen molar-refractivity contribution in [1.29, 1.82) is 0 Å². The first-order chi connectivity index (χ1) is 15.4. The molecule has 2 heterocycles. The highest BCUT2D eigenvalue weighted by Crippen LogP contribution is 2.37. The number of halogens is 4. The molecule has 2 saturated heterocycles. The van der Waals surface area contributed by atoms with E-state index in [2.05, 4.69) is 10.6 Å². The van der Waals surface area contributed by atoms with E-state index in [1.807, 2.05) is 6.92 Å². The fraction of sp³-hybridized carbons (Fsp3) is 0.571. The number of ether oxygens (including phenoxy) is 1. The zero-order chi connectivity index (χ0) is 24.6. The molecule has 8 nitrogen and oxygen atoms in total. The first kappa shape index (κ1) is 25.1. The summed E-state index contributed by atoms with van der Waals surface area (Å²) in [5, 5.41) is 4.37. The number of imide groups is 1. The normalized spacial score (nSPS) is 24.5. The summed E-state index contributed by atoms with van der Waals surface area (Å²) >= 11 is 5.72. The summed E-state index contributed by atoms with van der Waals surface area (Å²) in [5.74, 6) is -1.36. The lowest BCUT2D eigenvalue weighted by Crippen LogP contribution is -2.57. The van der Waals surface area contributed by atoms with Crippen LogP contribution < -0.4 is 15.5 Å². The maximum atomic E-state index is 13.2. The van der Waals surface area contributed by atoms with Gasteiger partial charge >= 0.3 is 12.2 Å². The molecule has 0 aliphatic carbocycles. The van der Waals surface area contributed by atoms with Gasteiger partial charge in [0.05, 0.1) is 17.2 Å². The Morgan fingerprint density at radius 1 is 1.33 bits per heavy atom. The van der Waals surface area contributed by atoms with E-state index in [1.165, 1.54) is 19.2 Å². The first-order valence-electron chi connectivity index (χ1n) is 10.4. The highest BCUT2D eigenvalue weighted by molar-refractivity contribution is 6.31. The third-order valence-electron chi connectivity index (χ3n) is 6.01. The van der Waals surface area contributed by atoms with Gasteiger partial charge in [0.25, 0.3) is 5.91 Å². The quantitative estimate of drug-likeness (QED) is 0.598. The van der Waals surface area contributed by atoms with Crippen LogP contribution in [-0.2, 0) is 20.5 Å². The Balaban J connectivity index is 1.69. The Hall–Kier alpha value is -2.53. The maximum absolute atomic E-state index is 13.2. The molecule has 182 valence electrons. The van der Waals surface area contributed by atoms with Crippen molar-refractivity contribution in [2.75, 3.05) is 38.3 Å². The van der Waals surface area contributed by atoms with Gasteiger partial charge in [-0.25, -0.2) is 4.79 Å². The number of carbonyl (C=O) groups excluding carboxylic acids is 3. The summed E-state index contributed by atoms with van der Waals surface area (Å²) in [7, 11) is 1.40. The zero-order valence-corrected chi connectivity index (χ0v) is 19.2. The second-order valence-corrected chi connectivity index (χ2v) is 8.92. The second-order valence-electron chi connectivity index (χ2n) is 8.52. The SMILES string of the molecule is COCC1(CC(C)C(=O)N2CCN(c3ccc(Cl)c(C(F)(F)F)c3)C(C)C2)NC(=O)NC1=O. The minimum atomic E-state index is -4.57. The number of carbonyl (C=O) groups is 3. The number of hydrogen-bond donors (Lipinski definition) is 2. The average molecular weight is 491 g/mol. The highest BCUT2D eigenvalue weighted by Gasteiger charge is 2.48. The average Bonchev–Trinajstić information content (AvgIpc) is 2.99. The number of nitrogens with zero attached hydrogens (tertiary/aromatic N) is 2. The molecule has 2 aliphatic rings. The summed E-state index contributed by atoms with van der Waals surface area (Å²) < 4.78 is 44.8. The summed E-state index contributed by atoms with van der Waals surface area (Å²) in [5.41, 5.74) is -1.85. The summed E-state index contributed by atoms with van der Waals surface area (Å²) in [6, 6.07) is 2.89. The number of alkyl halides is 3. The van der Waals surface area contributed by atoms with Gasteiger partial charge in [0.1, 0.15) is 5.54 Å². The van der Waals surface area contributed by atoms with Gasteiger partial charge < -0.3 is 19.9 Å². The molecular formula is C21H26ClF3N4O4. The highest BCUT2D eigenvalue weighted by atomic mass is 35.5. The van der Waals surface area contributed by atoms with E-state index in [-0.39, 0.29) is 30.0 Å². The van der Waals surface area contributed by atoms with Crippen molar-refractivity contribution in [3.8, 4) is 0 Å². The zero-order valence-electron chi connectivity index (χ0n) is 18.5. The number of nitrogens with one attached hydrogen (secondary N) is 2. The first-order valence-corrected chi connectivity index (χ1v) is 10.8. The molecule has 1 aromatic carbocycles. The van der Waals surface area contributed by atoms with Crippen LogP contribution >= 0.6 is 11.6 Å². The molecule has 0 aromatic heterocycles. The van der Waals surface area contributed by atoms with Gasteiger partial charge in [-0.15, -0.1) is 0 Å². The molecule has 4 amide bonds. The fourth-order valence-corrected chi connectivity index (χ4v) is 4.68. The third-order valence-corrected chi connectivity index (χ3v) is 6.34. The van der Waals surface area contributed by atoms with Crippen LogP contribution in [0.1, 0.15) is 25.8 Å². The fourth-order valence-electron chi connectivity index (χ4n) is 4.45. The number of benzene rings is 1. The number of methoxy groups -OCH3 is 1. The van der Waals surface area contributed by atoms with E-state index in [0.29, 0.717) is 25.3 Å². The van der Waals surface area contributed by atoms with Crippen LogP contribution in [0.3, 0.4) is 0 Å². The van der Waals surface area contributed by atoms with Crippen LogP contribution in [-0.4, -0.2) is 67.7 Å². The maximum Gasteiger partial charge on any atom is 0.417 e. The molecule has 2 N–H and O–H groups in total. The van der Waals surface area contributed by atoms with Crippen LogP contribution in [0.15, 0.2) is 18.2 Å². The Kier molecular flexibility index (Phi) is 7.13. The van der Waals surface area contributed by atoms with Gasteiger partial charge in [0.2, 0.25) is 5.91 Å². The van der Waals surface area contributed by atoms with Crippen molar-refractivity contribution in [2.45, 2.75) is 38.0 Å².